The van der Waals surface area contributed by atoms with Gasteiger partial charge in [-0.05, 0) is 79.9 Å². The fourth-order valence-corrected chi connectivity index (χ4v) is 3.89. The second-order valence-corrected chi connectivity index (χ2v) is 8.71. The van der Waals surface area contributed by atoms with E-state index in [1.807, 2.05) is 51.1 Å². The minimum atomic E-state index is -3.72. The summed E-state index contributed by atoms with van der Waals surface area (Å²) in [6.45, 7) is 5.67. The predicted molar refractivity (Wildman–Crippen MR) is 118 cm³/mol. The minimum Gasteiger partial charge on any atom is -0.484 e. The van der Waals surface area contributed by atoms with Crippen molar-refractivity contribution in [3.05, 3.63) is 83.4 Å². The third kappa shape index (κ3) is 5.39. The molecule has 0 aliphatic heterocycles. The molecule has 6 nitrogen and oxygen atoms in total. The molecule has 30 heavy (non-hydrogen) atoms. The zero-order chi connectivity index (χ0) is 21.7. The zero-order valence-electron chi connectivity index (χ0n) is 17.1. The number of nitrogens with one attached hydrogen (secondary N) is 2. The van der Waals surface area contributed by atoms with Gasteiger partial charge in [0.1, 0.15) is 5.75 Å². The molecule has 1 amide bonds. The Morgan fingerprint density at radius 2 is 1.57 bits per heavy atom. The minimum absolute atomic E-state index is 0.107. The molecule has 3 aromatic carbocycles. The Bertz CT molecular complexity index is 1160. The van der Waals surface area contributed by atoms with E-state index in [0.29, 0.717) is 17.1 Å². The first-order chi connectivity index (χ1) is 14.2. The lowest BCUT2D eigenvalue weighted by atomic mass is 10.1. The molecule has 0 heterocycles. The van der Waals surface area contributed by atoms with Crippen LogP contribution >= 0.6 is 0 Å². The molecule has 0 saturated heterocycles. The highest BCUT2D eigenvalue weighted by atomic mass is 32.2. The van der Waals surface area contributed by atoms with Crippen molar-refractivity contribution in [2.24, 2.45) is 0 Å². The van der Waals surface area contributed by atoms with Gasteiger partial charge in [0.2, 0.25) is 0 Å². The van der Waals surface area contributed by atoms with Crippen LogP contribution in [0.4, 0.5) is 11.4 Å². The Hall–Kier alpha value is -3.32. The van der Waals surface area contributed by atoms with E-state index in [4.69, 9.17) is 4.74 Å². The highest BCUT2D eigenvalue weighted by molar-refractivity contribution is 7.92. The van der Waals surface area contributed by atoms with Crippen LogP contribution in [0.25, 0.3) is 0 Å². The van der Waals surface area contributed by atoms with E-state index in [2.05, 4.69) is 10.0 Å². The molecule has 156 valence electrons. The summed E-state index contributed by atoms with van der Waals surface area (Å²) >= 11 is 0. The van der Waals surface area contributed by atoms with Gasteiger partial charge < -0.3 is 10.1 Å². The molecule has 0 fully saturated rings. The van der Waals surface area contributed by atoms with Gasteiger partial charge in [-0.15, -0.1) is 0 Å². The Morgan fingerprint density at radius 3 is 2.23 bits per heavy atom. The van der Waals surface area contributed by atoms with Crippen LogP contribution in [0.5, 0.6) is 5.75 Å². The fraction of sp³-hybridized carbons (Fsp3) is 0.174. The lowest BCUT2D eigenvalue weighted by molar-refractivity contribution is -0.118. The summed E-state index contributed by atoms with van der Waals surface area (Å²) in [6, 6.07) is 18.7. The normalized spacial score (nSPS) is 11.0. The smallest absolute Gasteiger partial charge is 0.262 e. The fourth-order valence-electron chi connectivity index (χ4n) is 2.76. The summed E-state index contributed by atoms with van der Waals surface area (Å²) < 4.78 is 33.2. The molecular weight excluding hydrogens is 400 g/mol. The van der Waals surface area contributed by atoms with E-state index in [1.54, 1.807) is 24.3 Å². The first-order valence-corrected chi connectivity index (χ1v) is 10.9. The number of carbonyl (C=O) groups is 1. The van der Waals surface area contributed by atoms with Gasteiger partial charge in [0, 0.05) is 5.69 Å². The van der Waals surface area contributed by atoms with Crippen LogP contribution in [0.3, 0.4) is 0 Å². The third-order valence-electron chi connectivity index (χ3n) is 4.69. The van der Waals surface area contributed by atoms with Crippen LogP contribution in [-0.2, 0) is 14.8 Å². The molecule has 0 bridgehead atoms. The molecular formula is C23H24N2O4S. The van der Waals surface area contributed by atoms with Crippen LogP contribution in [0, 0.1) is 20.8 Å². The van der Waals surface area contributed by atoms with Gasteiger partial charge in [-0.25, -0.2) is 8.42 Å². The summed E-state index contributed by atoms with van der Waals surface area (Å²) in [6.07, 6.45) is 0. The molecule has 0 aromatic heterocycles. The van der Waals surface area contributed by atoms with Crippen LogP contribution in [0.2, 0.25) is 0 Å². The van der Waals surface area contributed by atoms with Gasteiger partial charge in [0.25, 0.3) is 15.9 Å². The van der Waals surface area contributed by atoms with Gasteiger partial charge >= 0.3 is 0 Å². The van der Waals surface area contributed by atoms with Crippen molar-refractivity contribution in [2.45, 2.75) is 25.7 Å². The summed E-state index contributed by atoms with van der Waals surface area (Å²) in [5.74, 6) is 0.291. The van der Waals surface area contributed by atoms with Crippen molar-refractivity contribution in [1.82, 2.24) is 0 Å². The summed E-state index contributed by atoms with van der Waals surface area (Å²) in [5.41, 5.74) is 4.08. The van der Waals surface area contributed by atoms with Gasteiger partial charge in [-0.2, -0.15) is 0 Å². The van der Waals surface area contributed by atoms with Crippen molar-refractivity contribution in [3.8, 4) is 5.75 Å². The van der Waals surface area contributed by atoms with E-state index >= 15 is 0 Å². The van der Waals surface area contributed by atoms with Crippen molar-refractivity contribution in [1.29, 1.82) is 0 Å². The number of ether oxygens (including phenoxy) is 1. The number of hydrogen-bond acceptors (Lipinski definition) is 4. The molecule has 0 unspecified atom stereocenters. The highest BCUT2D eigenvalue weighted by Gasteiger charge is 2.15. The standard InChI is InChI=1S/C23H24N2O4S/c1-16-8-11-20(14-18(16)3)29-15-23(26)24-19-9-12-21(13-10-19)30(27,28)25-22-7-5-4-6-17(22)2/h4-14,25H,15H2,1-3H3,(H,24,26). The number of rotatable bonds is 7. The van der Waals surface area contributed by atoms with Crippen molar-refractivity contribution < 1.29 is 17.9 Å². The Kier molecular flexibility index (Phi) is 6.42. The summed E-state index contributed by atoms with van der Waals surface area (Å²) in [4.78, 5) is 12.2. The zero-order valence-corrected chi connectivity index (χ0v) is 17.9. The Balaban J connectivity index is 1.60. The van der Waals surface area contributed by atoms with Crippen LogP contribution in [0.15, 0.2) is 71.6 Å². The van der Waals surface area contributed by atoms with Gasteiger partial charge in [0.05, 0.1) is 10.6 Å². The average Bonchev–Trinajstić information content (AvgIpc) is 2.71. The van der Waals surface area contributed by atoms with Gasteiger partial charge in [-0.1, -0.05) is 24.3 Å². The molecule has 0 aliphatic carbocycles. The van der Waals surface area contributed by atoms with E-state index in [-0.39, 0.29) is 17.4 Å². The van der Waals surface area contributed by atoms with E-state index in [9.17, 15) is 13.2 Å². The number of sulfonamides is 1. The topological polar surface area (TPSA) is 84.5 Å². The molecule has 0 atom stereocenters. The van der Waals surface area contributed by atoms with Crippen LogP contribution < -0.4 is 14.8 Å². The quantitative estimate of drug-likeness (QED) is 0.588. The summed E-state index contributed by atoms with van der Waals surface area (Å²) in [5, 5.41) is 2.70. The molecule has 7 heteroatoms. The second kappa shape index (κ2) is 9.00. The lowest BCUT2D eigenvalue weighted by Crippen LogP contribution is -2.20. The first kappa shape index (κ1) is 21.4. The second-order valence-electron chi connectivity index (χ2n) is 7.03. The van der Waals surface area contributed by atoms with Crippen LogP contribution in [0.1, 0.15) is 16.7 Å². The number of amides is 1. The van der Waals surface area contributed by atoms with Crippen molar-refractivity contribution in [2.75, 3.05) is 16.6 Å². The molecule has 0 spiro atoms. The van der Waals surface area contributed by atoms with E-state index < -0.39 is 10.0 Å². The monoisotopic (exact) mass is 424 g/mol. The Morgan fingerprint density at radius 1 is 0.867 bits per heavy atom. The molecule has 2 N–H and O–H groups in total. The SMILES string of the molecule is Cc1ccc(OCC(=O)Nc2ccc(S(=O)(=O)Nc3ccccc3C)cc2)cc1C. The van der Waals surface area contributed by atoms with E-state index in [0.717, 1.165) is 16.7 Å². The van der Waals surface area contributed by atoms with Gasteiger partial charge in [-0.3, -0.25) is 9.52 Å². The highest BCUT2D eigenvalue weighted by Crippen LogP contribution is 2.21. The largest absolute Gasteiger partial charge is 0.484 e. The number of para-hydroxylation sites is 1. The van der Waals surface area contributed by atoms with Crippen LogP contribution in [-0.4, -0.2) is 20.9 Å². The number of carbonyl (C=O) groups excluding carboxylic acids is 1. The van der Waals surface area contributed by atoms with Crippen molar-refractivity contribution >= 4 is 27.3 Å². The maximum atomic E-state index is 12.6. The van der Waals surface area contributed by atoms with Crippen molar-refractivity contribution in [3.63, 3.8) is 0 Å². The predicted octanol–water partition coefficient (Wildman–Crippen LogP) is 4.43. The third-order valence-corrected chi connectivity index (χ3v) is 6.07. The molecule has 3 aromatic rings. The lowest BCUT2D eigenvalue weighted by Gasteiger charge is -2.11. The molecule has 0 saturated carbocycles. The summed E-state index contributed by atoms with van der Waals surface area (Å²) in [7, 11) is -3.72. The number of hydrogen-bond donors (Lipinski definition) is 2. The number of anilines is 2. The molecule has 0 aliphatic rings. The first-order valence-electron chi connectivity index (χ1n) is 9.43. The average molecular weight is 425 g/mol. The maximum absolute atomic E-state index is 12.6. The number of aryl methyl sites for hydroxylation is 3. The van der Waals surface area contributed by atoms with Gasteiger partial charge in [0.15, 0.2) is 6.61 Å². The molecule has 3 rings (SSSR count). The Labute approximate surface area is 177 Å². The maximum Gasteiger partial charge on any atom is 0.262 e. The molecule has 0 radical (unpaired) electrons. The number of benzene rings is 3. The van der Waals surface area contributed by atoms with E-state index in [1.165, 1.54) is 12.1 Å².